The van der Waals surface area contributed by atoms with Crippen LogP contribution in [0, 0.1) is 11.7 Å². The molecule has 3 heterocycles. The fraction of sp³-hybridized carbons (Fsp3) is 0.645. The topological polar surface area (TPSA) is 55.8 Å². The summed E-state index contributed by atoms with van der Waals surface area (Å²) in [7, 11) is 0. The van der Waals surface area contributed by atoms with E-state index in [0.717, 1.165) is 49.0 Å². The van der Waals surface area contributed by atoms with E-state index in [0.29, 0.717) is 24.7 Å². The van der Waals surface area contributed by atoms with Gasteiger partial charge < -0.3 is 19.6 Å². The molecule has 3 aliphatic rings. The largest absolute Gasteiger partial charge is 0.350 e. The maximum absolute atomic E-state index is 14.4. The SMILES string of the molecule is CCN(C(=O)c1cc(F)ccc1N1CCN(C2CCCN(CC3CCCCC3)CC2)c2ncncc21)C(C)C. The number of fused-ring (bicyclic) bond motifs is 1. The monoisotopic (exact) mass is 536 g/mol. The second kappa shape index (κ2) is 12.6. The molecular formula is C31H45FN6O. The molecule has 1 unspecified atom stereocenters. The van der Waals surface area contributed by atoms with Gasteiger partial charge in [0.1, 0.15) is 17.8 Å². The number of likely N-dealkylation sites (tertiary alicyclic amines) is 1. The Kier molecular flexibility index (Phi) is 9.00. The minimum absolute atomic E-state index is 0.0269. The molecule has 8 heteroatoms. The third-order valence-electron chi connectivity index (χ3n) is 8.98. The standard InChI is InChI=1S/C31H45FN6O/c1-4-36(23(2)3)31(39)27-19-25(32)12-13-28(27)38-18-17-37(30-29(38)20-33-22-34-30)26-11-8-15-35(16-14-26)21-24-9-6-5-7-10-24/h12-13,19-20,22-24,26H,4-11,14-18,21H2,1-3H3. The highest BCUT2D eigenvalue weighted by Gasteiger charge is 2.33. The van der Waals surface area contributed by atoms with Crippen LogP contribution >= 0.6 is 0 Å². The van der Waals surface area contributed by atoms with Gasteiger partial charge in [-0.15, -0.1) is 0 Å². The Bertz CT molecular complexity index is 1120. The van der Waals surface area contributed by atoms with Gasteiger partial charge in [-0.3, -0.25) is 4.79 Å². The number of rotatable bonds is 7. The molecule has 5 rings (SSSR count). The summed E-state index contributed by atoms with van der Waals surface area (Å²) in [6, 6.07) is 5.02. The van der Waals surface area contributed by atoms with Crippen molar-refractivity contribution in [2.24, 2.45) is 5.92 Å². The van der Waals surface area contributed by atoms with Gasteiger partial charge in [0, 0.05) is 44.8 Å². The fourth-order valence-corrected chi connectivity index (χ4v) is 6.95. The lowest BCUT2D eigenvalue weighted by atomic mass is 9.89. The van der Waals surface area contributed by atoms with Crippen LogP contribution in [0.4, 0.5) is 21.6 Å². The molecule has 1 atom stereocenters. The van der Waals surface area contributed by atoms with E-state index in [1.807, 2.05) is 27.0 Å². The molecule has 1 saturated carbocycles. The van der Waals surface area contributed by atoms with Gasteiger partial charge in [0.2, 0.25) is 0 Å². The van der Waals surface area contributed by atoms with E-state index in [4.69, 9.17) is 4.98 Å². The Morgan fingerprint density at radius 3 is 2.62 bits per heavy atom. The van der Waals surface area contributed by atoms with Crippen LogP contribution in [0.25, 0.3) is 0 Å². The van der Waals surface area contributed by atoms with Crippen LogP contribution in [0.15, 0.2) is 30.7 Å². The van der Waals surface area contributed by atoms with Crippen molar-refractivity contribution >= 4 is 23.1 Å². The zero-order valence-corrected chi connectivity index (χ0v) is 24.0. The molecule has 2 aliphatic heterocycles. The van der Waals surface area contributed by atoms with Crippen LogP contribution in [0.5, 0.6) is 0 Å². The summed E-state index contributed by atoms with van der Waals surface area (Å²) in [5.74, 6) is 1.24. The van der Waals surface area contributed by atoms with Crippen LogP contribution in [-0.2, 0) is 0 Å². The number of hydrogen-bond acceptors (Lipinski definition) is 6. The van der Waals surface area contributed by atoms with Gasteiger partial charge in [0.05, 0.1) is 17.4 Å². The number of carbonyl (C=O) groups is 1. The van der Waals surface area contributed by atoms with Gasteiger partial charge in [-0.2, -0.15) is 0 Å². The fourth-order valence-electron chi connectivity index (χ4n) is 6.95. The Balaban J connectivity index is 1.36. The predicted molar refractivity (Wildman–Crippen MR) is 155 cm³/mol. The lowest BCUT2D eigenvalue weighted by Crippen LogP contribution is -2.46. The van der Waals surface area contributed by atoms with Crippen molar-refractivity contribution < 1.29 is 9.18 Å². The summed E-state index contributed by atoms with van der Waals surface area (Å²) < 4.78 is 14.4. The maximum atomic E-state index is 14.4. The Morgan fingerprint density at radius 1 is 1.03 bits per heavy atom. The molecule has 2 fully saturated rings. The van der Waals surface area contributed by atoms with E-state index in [-0.39, 0.29) is 11.9 Å². The zero-order valence-electron chi connectivity index (χ0n) is 24.0. The highest BCUT2D eigenvalue weighted by molar-refractivity contribution is 6.01. The van der Waals surface area contributed by atoms with Gasteiger partial charge in [-0.25, -0.2) is 14.4 Å². The van der Waals surface area contributed by atoms with Crippen LogP contribution in [-0.4, -0.2) is 77.0 Å². The highest BCUT2D eigenvalue weighted by atomic mass is 19.1. The number of aromatic nitrogens is 2. The van der Waals surface area contributed by atoms with Crippen molar-refractivity contribution in [3.63, 3.8) is 0 Å². The summed E-state index contributed by atoms with van der Waals surface area (Å²) in [5, 5.41) is 0. The normalized spacial score (nSPS) is 21.1. The Labute approximate surface area is 233 Å². The van der Waals surface area contributed by atoms with Gasteiger partial charge in [0.25, 0.3) is 5.91 Å². The summed E-state index contributed by atoms with van der Waals surface area (Å²) >= 11 is 0. The average Bonchev–Trinajstić information content (AvgIpc) is 3.18. The number of hydrogen-bond donors (Lipinski definition) is 0. The van der Waals surface area contributed by atoms with Crippen molar-refractivity contribution in [1.82, 2.24) is 19.8 Å². The van der Waals surface area contributed by atoms with Crippen molar-refractivity contribution in [3.8, 4) is 0 Å². The molecule has 212 valence electrons. The first-order valence-electron chi connectivity index (χ1n) is 15.1. The maximum Gasteiger partial charge on any atom is 0.256 e. The van der Waals surface area contributed by atoms with Crippen molar-refractivity contribution in [1.29, 1.82) is 0 Å². The quantitative estimate of drug-likeness (QED) is 0.441. The van der Waals surface area contributed by atoms with E-state index >= 15 is 0 Å². The second-order valence-electron chi connectivity index (χ2n) is 11.8. The summed E-state index contributed by atoms with van der Waals surface area (Å²) in [4.78, 5) is 31.7. The summed E-state index contributed by atoms with van der Waals surface area (Å²) in [5.41, 5.74) is 2.00. The number of halogens is 1. The molecule has 2 aromatic rings. The lowest BCUT2D eigenvalue weighted by Gasteiger charge is -2.42. The number of benzene rings is 1. The second-order valence-corrected chi connectivity index (χ2v) is 11.8. The number of carbonyl (C=O) groups excluding carboxylic acids is 1. The molecule has 1 saturated heterocycles. The van der Waals surface area contributed by atoms with E-state index in [1.54, 1.807) is 17.3 Å². The number of amides is 1. The molecule has 0 N–H and O–H groups in total. The first kappa shape index (κ1) is 27.8. The molecule has 1 aromatic heterocycles. The molecular weight excluding hydrogens is 491 g/mol. The molecule has 0 bridgehead atoms. The molecule has 1 amide bonds. The van der Waals surface area contributed by atoms with E-state index in [2.05, 4.69) is 19.7 Å². The molecule has 7 nitrogen and oxygen atoms in total. The zero-order chi connectivity index (χ0) is 27.4. The van der Waals surface area contributed by atoms with E-state index in [9.17, 15) is 9.18 Å². The van der Waals surface area contributed by atoms with Crippen LogP contribution in [0.3, 0.4) is 0 Å². The number of nitrogens with zero attached hydrogens (tertiary/aromatic N) is 6. The van der Waals surface area contributed by atoms with Crippen molar-refractivity contribution in [3.05, 3.63) is 42.1 Å². The number of anilines is 3. The third kappa shape index (κ3) is 6.21. The van der Waals surface area contributed by atoms with Crippen LogP contribution < -0.4 is 9.80 Å². The highest BCUT2D eigenvalue weighted by Crippen LogP contribution is 2.39. The Morgan fingerprint density at radius 2 is 1.85 bits per heavy atom. The summed E-state index contributed by atoms with van der Waals surface area (Å²) in [6.45, 7) is 11.6. The third-order valence-corrected chi connectivity index (χ3v) is 8.98. The predicted octanol–water partition coefficient (Wildman–Crippen LogP) is 5.88. The van der Waals surface area contributed by atoms with Crippen LogP contribution in [0.1, 0.15) is 82.5 Å². The van der Waals surface area contributed by atoms with Gasteiger partial charge >= 0.3 is 0 Å². The van der Waals surface area contributed by atoms with Crippen molar-refractivity contribution in [2.75, 3.05) is 49.1 Å². The molecule has 0 spiro atoms. The lowest BCUT2D eigenvalue weighted by molar-refractivity contribution is 0.0717. The Hall–Kier alpha value is -2.74. The average molecular weight is 537 g/mol. The minimum atomic E-state index is -0.402. The van der Waals surface area contributed by atoms with E-state index in [1.165, 1.54) is 63.7 Å². The van der Waals surface area contributed by atoms with Crippen molar-refractivity contribution in [2.45, 2.75) is 84.2 Å². The molecule has 1 aliphatic carbocycles. The first-order chi connectivity index (χ1) is 19.0. The van der Waals surface area contributed by atoms with Crippen LogP contribution in [0.2, 0.25) is 0 Å². The smallest absolute Gasteiger partial charge is 0.256 e. The minimum Gasteiger partial charge on any atom is -0.350 e. The summed E-state index contributed by atoms with van der Waals surface area (Å²) in [6.07, 6.45) is 14.0. The molecule has 0 radical (unpaired) electrons. The van der Waals surface area contributed by atoms with Gasteiger partial charge in [0.15, 0.2) is 5.82 Å². The van der Waals surface area contributed by atoms with Gasteiger partial charge in [-0.05, 0) is 83.5 Å². The van der Waals surface area contributed by atoms with E-state index < -0.39 is 5.82 Å². The van der Waals surface area contributed by atoms with Gasteiger partial charge in [-0.1, -0.05) is 19.3 Å². The first-order valence-corrected chi connectivity index (χ1v) is 15.1. The molecule has 1 aromatic carbocycles. The molecule has 39 heavy (non-hydrogen) atoms.